The lowest BCUT2D eigenvalue weighted by Gasteiger charge is -2.17. The van der Waals surface area contributed by atoms with E-state index in [0.717, 1.165) is 5.57 Å². The molecule has 1 saturated heterocycles. The number of amides is 1. The van der Waals surface area contributed by atoms with Crippen LogP contribution in [0.1, 0.15) is 20.8 Å². The molecule has 0 aromatic carbocycles. The Labute approximate surface area is 114 Å². The van der Waals surface area contributed by atoms with Gasteiger partial charge in [-0.25, -0.2) is 0 Å². The molecule has 100 valence electrons. The maximum atomic E-state index is 12.0. The fourth-order valence-corrected chi connectivity index (χ4v) is 1.99. The van der Waals surface area contributed by atoms with Crippen LogP contribution < -0.4 is 0 Å². The lowest BCUT2D eigenvalue weighted by molar-refractivity contribution is -0.138. The molecular formula is C16H19NO2. The summed E-state index contributed by atoms with van der Waals surface area (Å²) in [6.45, 7) is 9.62. The van der Waals surface area contributed by atoms with Gasteiger partial charge in [-0.1, -0.05) is 37.0 Å². The van der Waals surface area contributed by atoms with E-state index in [9.17, 15) is 9.59 Å². The highest BCUT2D eigenvalue weighted by Gasteiger charge is 2.37. The maximum absolute atomic E-state index is 12.0. The number of nitrogens with zero attached hydrogens (tertiary/aromatic N) is 1. The second-order valence-electron chi connectivity index (χ2n) is 4.07. The average molecular weight is 257 g/mol. The topological polar surface area (TPSA) is 37.4 Å². The maximum Gasteiger partial charge on any atom is 0.299 e. The number of hydrogen-bond donors (Lipinski definition) is 0. The number of ketones is 1. The van der Waals surface area contributed by atoms with E-state index >= 15 is 0 Å². The van der Waals surface area contributed by atoms with Gasteiger partial charge in [0.05, 0.1) is 17.8 Å². The van der Waals surface area contributed by atoms with Crippen LogP contribution in [0, 0.1) is 0 Å². The van der Waals surface area contributed by atoms with E-state index in [1.807, 2.05) is 39.0 Å². The van der Waals surface area contributed by atoms with Crippen molar-refractivity contribution in [1.82, 2.24) is 4.90 Å². The van der Waals surface area contributed by atoms with Gasteiger partial charge in [0, 0.05) is 0 Å². The van der Waals surface area contributed by atoms with E-state index in [4.69, 9.17) is 0 Å². The molecule has 3 heteroatoms. The van der Waals surface area contributed by atoms with Crippen LogP contribution in [-0.2, 0) is 9.59 Å². The zero-order valence-corrected chi connectivity index (χ0v) is 11.6. The molecule has 1 fully saturated rings. The predicted molar refractivity (Wildman–Crippen MR) is 77.3 cm³/mol. The Balaban J connectivity index is 3.15. The van der Waals surface area contributed by atoms with Gasteiger partial charge in [0.25, 0.3) is 11.7 Å². The monoisotopic (exact) mass is 257 g/mol. The molecule has 0 saturated carbocycles. The molecule has 0 radical (unpaired) electrons. The number of rotatable bonds is 4. The lowest BCUT2D eigenvalue weighted by atomic mass is 10.1. The number of carbonyl (C=O) groups is 2. The lowest BCUT2D eigenvalue weighted by Crippen LogP contribution is -2.28. The Kier molecular flexibility index (Phi) is 5.24. The molecule has 1 aliphatic rings. The van der Waals surface area contributed by atoms with Crippen LogP contribution in [0.3, 0.4) is 0 Å². The van der Waals surface area contributed by atoms with Crippen molar-refractivity contribution in [2.45, 2.75) is 20.8 Å². The third-order valence-electron chi connectivity index (χ3n) is 2.90. The summed E-state index contributed by atoms with van der Waals surface area (Å²) >= 11 is 0. The molecule has 1 heterocycles. The van der Waals surface area contributed by atoms with Gasteiger partial charge in [-0.05, 0) is 32.4 Å². The zero-order chi connectivity index (χ0) is 14.4. The molecule has 0 aromatic rings. The fraction of sp³-hybridized carbons (Fsp3) is 0.250. The summed E-state index contributed by atoms with van der Waals surface area (Å²) in [5.74, 6) is -0.950. The van der Waals surface area contributed by atoms with E-state index in [1.165, 1.54) is 11.0 Å². The second-order valence-corrected chi connectivity index (χ2v) is 4.07. The third-order valence-corrected chi connectivity index (χ3v) is 2.90. The molecular weight excluding hydrogens is 238 g/mol. The largest absolute Gasteiger partial charge is 0.301 e. The van der Waals surface area contributed by atoms with Gasteiger partial charge in [0.2, 0.25) is 0 Å². The van der Waals surface area contributed by atoms with Crippen LogP contribution in [0.25, 0.3) is 0 Å². The number of carbonyl (C=O) groups excluding carboxylic acids is 2. The summed E-state index contributed by atoms with van der Waals surface area (Å²) < 4.78 is 0. The van der Waals surface area contributed by atoms with E-state index < -0.39 is 11.7 Å². The first-order chi connectivity index (χ1) is 9.10. The first-order valence-corrected chi connectivity index (χ1v) is 6.24. The summed E-state index contributed by atoms with van der Waals surface area (Å²) in [6.07, 6.45) is 10.7. The Bertz CT molecular complexity index is 519. The Morgan fingerprint density at radius 1 is 1.26 bits per heavy atom. The minimum atomic E-state index is -0.481. The van der Waals surface area contributed by atoms with Crippen molar-refractivity contribution in [3.05, 3.63) is 59.9 Å². The van der Waals surface area contributed by atoms with Crippen molar-refractivity contribution < 1.29 is 9.59 Å². The quantitative estimate of drug-likeness (QED) is 0.441. The molecule has 0 unspecified atom stereocenters. The zero-order valence-electron chi connectivity index (χ0n) is 11.6. The van der Waals surface area contributed by atoms with Crippen molar-refractivity contribution in [3.8, 4) is 0 Å². The first-order valence-electron chi connectivity index (χ1n) is 6.24. The molecule has 0 bridgehead atoms. The highest BCUT2D eigenvalue weighted by Crippen LogP contribution is 2.26. The predicted octanol–water partition coefficient (Wildman–Crippen LogP) is 2.94. The van der Waals surface area contributed by atoms with E-state index in [-0.39, 0.29) is 0 Å². The summed E-state index contributed by atoms with van der Waals surface area (Å²) in [6, 6.07) is 0. The van der Waals surface area contributed by atoms with Gasteiger partial charge >= 0.3 is 0 Å². The smallest absolute Gasteiger partial charge is 0.299 e. The van der Waals surface area contributed by atoms with Crippen LogP contribution in [0.2, 0.25) is 0 Å². The van der Waals surface area contributed by atoms with Crippen LogP contribution in [-0.4, -0.2) is 23.1 Å². The molecule has 1 aliphatic heterocycles. The van der Waals surface area contributed by atoms with Crippen molar-refractivity contribution >= 4 is 11.7 Å². The minimum Gasteiger partial charge on any atom is -0.301 e. The summed E-state index contributed by atoms with van der Waals surface area (Å²) in [7, 11) is 0. The minimum absolute atomic E-state index is 0.402. The Morgan fingerprint density at radius 3 is 2.42 bits per heavy atom. The molecule has 0 N–H and O–H groups in total. The standard InChI is InChI=1S/C16H19NO2/c1-5-9-12(7-3)11-17-14(8-4)13(10-6-2)15(18)16(17)19/h5-10H,2,11H2,1,3-4H3/b9-5-,12-7+,13-10+,14-8+. The normalized spacial score (nSPS) is 21.2. The summed E-state index contributed by atoms with van der Waals surface area (Å²) in [5.41, 5.74) is 2.06. The Morgan fingerprint density at radius 2 is 1.95 bits per heavy atom. The molecule has 1 amide bonds. The number of likely N-dealkylation sites (tertiary alicyclic amines) is 1. The van der Waals surface area contributed by atoms with Crippen molar-refractivity contribution in [2.24, 2.45) is 0 Å². The Hall–Kier alpha value is -2.16. The molecule has 0 spiro atoms. The van der Waals surface area contributed by atoms with Crippen LogP contribution in [0.5, 0.6) is 0 Å². The van der Waals surface area contributed by atoms with Crippen LogP contribution in [0.15, 0.2) is 59.9 Å². The van der Waals surface area contributed by atoms with Gasteiger partial charge in [-0.3, -0.25) is 9.59 Å². The summed E-state index contributed by atoms with van der Waals surface area (Å²) in [5, 5.41) is 0. The van der Waals surface area contributed by atoms with Crippen LogP contribution >= 0.6 is 0 Å². The first kappa shape index (κ1) is 14.9. The molecule has 3 nitrogen and oxygen atoms in total. The molecule has 19 heavy (non-hydrogen) atoms. The second kappa shape index (κ2) is 6.69. The number of allylic oxidation sites excluding steroid dienone is 6. The van der Waals surface area contributed by atoms with Crippen LogP contribution in [0.4, 0.5) is 0 Å². The molecule has 0 aromatic heterocycles. The van der Waals surface area contributed by atoms with Crippen molar-refractivity contribution in [1.29, 1.82) is 0 Å². The molecule has 0 aliphatic carbocycles. The number of hydrogen-bond acceptors (Lipinski definition) is 2. The van der Waals surface area contributed by atoms with E-state index in [2.05, 4.69) is 6.58 Å². The van der Waals surface area contributed by atoms with E-state index in [0.29, 0.717) is 17.8 Å². The summed E-state index contributed by atoms with van der Waals surface area (Å²) in [4.78, 5) is 25.4. The van der Waals surface area contributed by atoms with Gasteiger partial charge in [0.15, 0.2) is 0 Å². The molecule has 1 rings (SSSR count). The fourth-order valence-electron chi connectivity index (χ4n) is 1.99. The molecule has 0 atom stereocenters. The highest BCUT2D eigenvalue weighted by molar-refractivity contribution is 6.47. The van der Waals surface area contributed by atoms with Gasteiger partial charge in [0.1, 0.15) is 0 Å². The van der Waals surface area contributed by atoms with Crippen molar-refractivity contribution in [3.63, 3.8) is 0 Å². The van der Waals surface area contributed by atoms with Gasteiger partial charge in [-0.2, -0.15) is 0 Å². The van der Waals surface area contributed by atoms with Gasteiger partial charge < -0.3 is 4.90 Å². The highest BCUT2D eigenvalue weighted by atomic mass is 16.2. The van der Waals surface area contributed by atoms with E-state index in [1.54, 1.807) is 12.2 Å². The average Bonchev–Trinajstić information content (AvgIpc) is 2.63. The number of Topliss-reactive ketones (excluding diaryl/α,β-unsaturated/α-hetero) is 1. The SMILES string of the molecule is C=C/C=C1/C(=O)C(=O)N(CC(/C=C\C)=C/C)/C1=C/C. The third kappa shape index (κ3) is 2.99. The van der Waals surface area contributed by atoms with Gasteiger partial charge in [-0.15, -0.1) is 0 Å². The van der Waals surface area contributed by atoms with Crippen molar-refractivity contribution in [2.75, 3.05) is 6.54 Å².